The third kappa shape index (κ3) is 72.4. The maximum Gasteiger partial charge on any atom is 0.472 e. The number of esters is 4. The van der Waals surface area contributed by atoms with Crippen molar-refractivity contribution < 1.29 is 80.2 Å². The van der Waals surface area contributed by atoms with Crippen LogP contribution in [-0.2, 0) is 65.4 Å². The third-order valence-corrected chi connectivity index (χ3v) is 20.3. The summed E-state index contributed by atoms with van der Waals surface area (Å²) in [6, 6.07) is 0. The molecule has 0 aromatic heterocycles. The summed E-state index contributed by atoms with van der Waals surface area (Å²) < 4.78 is 68.6. The van der Waals surface area contributed by atoms with E-state index in [-0.39, 0.29) is 25.7 Å². The molecular weight excluding hydrogens is 1280 g/mol. The number of hydrogen-bond donors (Lipinski definition) is 3. The van der Waals surface area contributed by atoms with Crippen LogP contribution in [0.25, 0.3) is 0 Å². The molecule has 0 aromatic rings. The molecule has 98 heavy (non-hydrogen) atoms. The lowest BCUT2D eigenvalue weighted by Crippen LogP contribution is -2.30. The Labute approximate surface area is 600 Å². The lowest BCUT2D eigenvalue weighted by molar-refractivity contribution is -0.161. The lowest BCUT2D eigenvalue weighted by Gasteiger charge is -2.21. The number of aliphatic hydroxyl groups excluding tert-OH is 1. The first-order chi connectivity index (χ1) is 47.2. The van der Waals surface area contributed by atoms with E-state index in [1.54, 1.807) is 0 Å². The van der Waals surface area contributed by atoms with Crippen LogP contribution in [-0.4, -0.2) is 96.7 Å². The lowest BCUT2D eigenvalue weighted by atomic mass is 10.0. The second kappa shape index (κ2) is 69.4. The molecule has 0 amide bonds. The first-order valence-corrected chi connectivity index (χ1v) is 43.8. The Balaban J connectivity index is 5.22. The molecule has 0 aromatic carbocycles. The summed E-state index contributed by atoms with van der Waals surface area (Å²) in [7, 11) is -9.92. The van der Waals surface area contributed by atoms with Gasteiger partial charge in [0.15, 0.2) is 12.2 Å². The summed E-state index contributed by atoms with van der Waals surface area (Å²) in [5.74, 6) is 0.204. The second-order valence-electron chi connectivity index (χ2n) is 29.9. The molecule has 17 nitrogen and oxygen atoms in total. The molecule has 0 aliphatic carbocycles. The highest BCUT2D eigenvalue weighted by Crippen LogP contribution is 2.45. The van der Waals surface area contributed by atoms with Crippen LogP contribution in [0.2, 0.25) is 0 Å². The predicted molar refractivity (Wildman–Crippen MR) is 400 cm³/mol. The number of rotatable bonds is 77. The van der Waals surface area contributed by atoms with Crippen LogP contribution in [0.4, 0.5) is 0 Å². The fourth-order valence-corrected chi connectivity index (χ4v) is 13.7. The van der Waals surface area contributed by atoms with Gasteiger partial charge in [-0.15, -0.1) is 0 Å². The molecule has 0 spiro atoms. The number of carbonyl (C=O) groups excluding carboxylic acids is 4. The van der Waals surface area contributed by atoms with Crippen LogP contribution in [0.15, 0.2) is 0 Å². The SMILES string of the molecule is CCCCCCCCCCCCCCC(=O)O[C@H](COC(=O)CCCCCCCCCCC(C)C)COP(=O)(O)OC[C@H](O)COP(=O)(O)OC[C@@H](COC(=O)CCCCCCCCCCCCCC(C)C)OC(=O)CCCCCCCCCCCCCCCCCCCCC(C)C. The summed E-state index contributed by atoms with van der Waals surface area (Å²) >= 11 is 0. The van der Waals surface area contributed by atoms with Gasteiger partial charge in [-0.1, -0.05) is 357 Å². The first kappa shape index (κ1) is 96.1. The number of aliphatic hydroxyl groups is 1. The average molecular weight is 1440 g/mol. The molecule has 0 radical (unpaired) electrons. The number of phosphoric acid groups is 2. The average Bonchev–Trinajstić information content (AvgIpc) is 0.974. The van der Waals surface area contributed by atoms with E-state index in [1.807, 2.05) is 0 Å². The molecule has 0 fully saturated rings. The van der Waals surface area contributed by atoms with Gasteiger partial charge in [-0.3, -0.25) is 37.3 Å². The molecule has 0 saturated carbocycles. The van der Waals surface area contributed by atoms with Gasteiger partial charge in [0, 0.05) is 25.7 Å². The molecule has 0 saturated heterocycles. The van der Waals surface area contributed by atoms with E-state index in [2.05, 4.69) is 48.5 Å². The molecule has 5 atom stereocenters. The van der Waals surface area contributed by atoms with Gasteiger partial charge in [-0.2, -0.15) is 0 Å². The Morgan fingerprint density at radius 3 is 0.694 bits per heavy atom. The monoisotopic (exact) mass is 1440 g/mol. The standard InChI is InChI=1S/C79H154O17P2/c1-8-9-10-11-12-13-14-26-32-41-48-55-62-78(83)96-75(67-90-77(82)61-54-47-40-35-34-38-45-52-59-72(6)7)69-94-98(87,88)92-65-73(80)64-91-97(85,86)93-68-74(66-89-76(81)60-53-46-39-31-28-23-25-30-37-44-51-58-71(4)5)95-79(84)63-56-49-42-33-27-22-20-18-16-15-17-19-21-24-29-36-43-50-57-70(2)3/h70-75,80H,8-69H2,1-7H3,(H,85,86)(H,87,88)/t73-,74-,75-/m1/s1. The maximum absolute atomic E-state index is 13.1. The van der Waals surface area contributed by atoms with Crippen molar-refractivity contribution >= 4 is 39.5 Å². The summed E-state index contributed by atoms with van der Waals surface area (Å²) in [5.41, 5.74) is 0. The summed E-state index contributed by atoms with van der Waals surface area (Å²) in [4.78, 5) is 72.9. The molecule has 0 rings (SSSR count). The first-order valence-electron chi connectivity index (χ1n) is 40.8. The van der Waals surface area contributed by atoms with Crippen molar-refractivity contribution in [2.45, 2.75) is 426 Å². The third-order valence-electron chi connectivity index (χ3n) is 18.4. The Hall–Kier alpha value is -1.94. The highest BCUT2D eigenvalue weighted by molar-refractivity contribution is 7.47. The van der Waals surface area contributed by atoms with Crippen LogP contribution in [0, 0.1) is 17.8 Å². The summed E-state index contributed by atoms with van der Waals surface area (Å²) in [6.07, 6.45) is 56.9. The van der Waals surface area contributed by atoms with Crippen molar-refractivity contribution in [2.24, 2.45) is 17.8 Å². The summed E-state index contributed by atoms with van der Waals surface area (Å²) in [6.45, 7) is 11.9. The Morgan fingerprint density at radius 1 is 0.276 bits per heavy atom. The second-order valence-corrected chi connectivity index (χ2v) is 32.8. The maximum atomic E-state index is 13.1. The smallest absolute Gasteiger partial charge is 0.462 e. The molecule has 2 unspecified atom stereocenters. The zero-order valence-corrected chi connectivity index (χ0v) is 66.0. The van der Waals surface area contributed by atoms with Gasteiger partial charge >= 0.3 is 39.5 Å². The largest absolute Gasteiger partial charge is 0.472 e. The Morgan fingerprint density at radius 2 is 0.469 bits per heavy atom. The van der Waals surface area contributed by atoms with E-state index in [0.29, 0.717) is 25.7 Å². The minimum atomic E-state index is -4.96. The van der Waals surface area contributed by atoms with E-state index in [1.165, 1.54) is 218 Å². The van der Waals surface area contributed by atoms with Crippen molar-refractivity contribution in [3.63, 3.8) is 0 Å². The highest BCUT2D eigenvalue weighted by atomic mass is 31.2. The van der Waals surface area contributed by atoms with Gasteiger partial charge in [0.05, 0.1) is 26.4 Å². The molecular formula is C79H154O17P2. The topological polar surface area (TPSA) is 237 Å². The van der Waals surface area contributed by atoms with E-state index in [9.17, 15) is 43.2 Å². The van der Waals surface area contributed by atoms with Gasteiger partial charge in [-0.25, -0.2) is 9.13 Å². The van der Waals surface area contributed by atoms with Crippen LogP contribution in [0.1, 0.15) is 408 Å². The van der Waals surface area contributed by atoms with Crippen LogP contribution >= 0.6 is 15.6 Å². The minimum Gasteiger partial charge on any atom is -0.462 e. The molecule has 0 heterocycles. The number of carbonyl (C=O) groups is 4. The van der Waals surface area contributed by atoms with E-state index in [4.69, 9.17) is 37.0 Å². The number of ether oxygens (including phenoxy) is 4. The molecule has 3 N–H and O–H groups in total. The highest BCUT2D eigenvalue weighted by Gasteiger charge is 2.30. The van der Waals surface area contributed by atoms with Crippen LogP contribution in [0.5, 0.6) is 0 Å². The molecule has 19 heteroatoms. The molecule has 582 valence electrons. The zero-order chi connectivity index (χ0) is 72.3. The minimum absolute atomic E-state index is 0.107. The number of hydrogen-bond acceptors (Lipinski definition) is 15. The molecule has 0 aliphatic rings. The van der Waals surface area contributed by atoms with Crippen molar-refractivity contribution in [1.29, 1.82) is 0 Å². The number of unbranched alkanes of at least 4 members (excludes halogenated alkanes) is 45. The van der Waals surface area contributed by atoms with Crippen LogP contribution in [0.3, 0.4) is 0 Å². The van der Waals surface area contributed by atoms with Crippen molar-refractivity contribution in [1.82, 2.24) is 0 Å². The van der Waals surface area contributed by atoms with Gasteiger partial charge in [-0.05, 0) is 43.4 Å². The van der Waals surface area contributed by atoms with Crippen LogP contribution < -0.4 is 0 Å². The van der Waals surface area contributed by atoms with Crippen molar-refractivity contribution in [3.8, 4) is 0 Å². The molecule has 0 bridgehead atoms. The van der Waals surface area contributed by atoms with E-state index >= 15 is 0 Å². The Kier molecular flexibility index (Phi) is 68.1. The van der Waals surface area contributed by atoms with Gasteiger partial charge in [0.2, 0.25) is 0 Å². The van der Waals surface area contributed by atoms with E-state index in [0.717, 1.165) is 108 Å². The fraction of sp³-hybridized carbons (Fsp3) is 0.949. The predicted octanol–water partition coefficient (Wildman–Crippen LogP) is 23.4. The normalized spacial score (nSPS) is 14.0. The van der Waals surface area contributed by atoms with Gasteiger partial charge in [0.25, 0.3) is 0 Å². The Bertz CT molecular complexity index is 1900. The van der Waals surface area contributed by atoms with Gasteiger partial charge < -0.3 is 33.8 Å². The van der Waals surface area contributed by atoms with Crippen molar-refractivity contribution in [2.75, 3.05) is 39.6 Å². The van der Waals surface area contributed by atoms with E-state index < -0.39 is 97.5 Å². The van der Waals surface area contributed by atoms with Gasteiger partial charge in [0.1, 0.15) is 19.3 Å². The molecule has 0 aliphatic heterocycles. The zero-order valence-electron chi connectivity index (χ0n) is 64.3. The fourth-order valence-electron chi connectivity index (χ4n) is 12.1. The van der Waals surface area contributed by atoms with Crippen molar-refractivity contribution in [3.05, 3.63) is 0 Å². The quantitative estimate of drug-likeness (QED) is 0.0222. The summed E-state index contributed by atoms with van der Waals surface area (Å²) in [5, 5.41) is 10.6. The number of phosphoric ester groups is 2.